The lowest BCUT2D eigenvalue weighted by Gasteiger charge is -2.28. The zero-order chi connectivity index (χ0) is 16.0. The standard InChI is InChI=1S/C14H22BrNO4S/c1-5-11(2)16(8-9-19-3)21(17,18)14-10-12(15)6-7-13(14)20-4/h6-7,10-11H,5,8-9H2,1-4H3. The molecule has 1 aromatic carbocycles. The minimum atomic E-state index is -3.65. The average molecular weight is 380 g/mol. The van der Waals surface area contributed by atoms with Gasteiger partial charge in [0.2, 0.25) is 10.0 Å². The molecule has 0 amide bonds. The Bertz CT molecular complexity index is 562. The first-order chi connectivity index (χ1) is 9.88. The van der Waals surface area contributed by atoms with Gasteiger partial charge in [0.15, 0.2) is 0 Å². The molecule has 0 fully saturated rings. The lowest BCUT2D eigenvalue weighted by molar-refractivity contribution is 0.167. The van der Waals surface area contributed by atoms with Crippen LogP contribution in [0.5, 0.6) is 5.75 Å². The van der Waals surface area contributed by atoms with E-state index in [2.05, 4.69) is 15.9 Å². The average Bonchev–Trinajstić information content (AvgIpc) is 2.47. The molecule has 1 unspecified atom stereocenters. The third kappa shape index (κ3) is 4.42. The van der Waals surface area contributed by atoms with Crippen molar-refractivity contribution in [1.82, 2.24) is 4.31 Å². The highest BCUT2D eigenvalue weighted by Crippen LogP contribution is 2.30. The minimum absolute atomic E-state index is 0.117. The van der Waals surface area contributed by atoms with Crippen LogP contribution in [-0.4, -0.2) is 46.1 Å². The van der Waals surface area contributed by atoms with E-state index >= 15 is 0 Å². The van der Waals surface area contributed by atoms with Crippen LogP contribution in [0.25, 0.3) is 0 Å². The highest BCUT2D eigenvalue weighted by atomic mass is 79.9. The van der Waals surface area contributed by atoms with E-state index in [0.29, 0.717) is 23.4 Å². The number of nitrogens with zero attached hydrogens (tertiary/aromatic N) is 1. The monoisotopic (exact) mass is 379 g/mol. The molecule has 0 N–H and O–H groups in total. The lowest BCUT2D eigenvalue weighted by atomic mass is 10.3. The summed E-state index contributed by atoms with van der Waals surface area (Å²) >= 11 is 3.31. The molecule has 0 aliphatic heterocycles. The number of benzene rings is 1. The molecule has 120 valence electrons. The fraction of sp³-hybridized carbons (Fsp3) is 0.571. The van der Waals surface area contributed by atoms with Gasteiger partial charge in [-0.1, -0.05) is 22.9 Å². The molecule has 0 saturated heterocycles. The smallest absolute Gasteiger partial charge is 0.247 e. The maximum atomic E-state index is 12.9. The van der Waals surface area contributed by atoms with Crippen molar-refractivity contribution in [2.75, 3.05) is 27.4 Å². The van der Waals surface area contributed by atoms with Gasteiger partial charge in [-0.15, -0.1) is 0 Å². The summed E-state index contributed by atoms with van der Waals surface area (Å²) in [6.45, 7) is 4.50. The second-order valence-electron chi connectivity index (χ2n) is 4.66. The molecule has 0 heterocycles. The van der Waals surface area contributed by atoms with Gasteiger partial charge < -0.3 is 9.47 Å². The molecular formula is C14H22BrNO4S. The van der Waals surface area contributed by atoms with Crippen LogP contribution in [0.1, 0.15) is 20.3 Å². The van der Waals surface area contributed by atoms with E-state index in [0.717, 1.165) is 6.42 Å². The second-order valence-corrected chi connectivity index (χ2v) is 7.44. The second kappa shape index (κ2) is 8.12. The van der Waals surface area contributed by atoms with Crippen molar-refractivity contribution >= 4 is 26.0 Å². The quantitative estimate of drug-likeness (QED) is 0.696. The van der Waals surface area contributed by atoms with Gasteiger partial charge in [-0.25, -0.2) is 8.42 Å². The lowest BCUT2D eigenvalue weighted by Crippen LogP contribution is -2.40. The summed E-state index contributed by atoms with van der Waals surface area (Å²) < 4.78 is 38.3. The molecule has 0 aliphatic carbocycles. The van der Waals surface area contributed by atoms with Gasteiger partial charge in [0.25, 0.3) is 0 Å². The van der Waals surface area contributed by atoms with E-state index < -0.39 is 10.0 Å². The first-order valence-electron chi connectivity index (χ1n) is 6.72. The van der Waals surface area contributed by atoms with E-state index in [4.69, 9.17) is 9.47 Å². The van der Waals surface area contributed by atoms with Crippen LogP contribution in [0, 0.1) is 0 Å². The Kier molecular flexibility index (Phi) is 7.12. The van der Waals surface area contributed by atoms with Gasteiger partial charge >= 0.3 is 0 Å². The summed E-state index contributed by atoms with van der Waals surface area (Å²) in [6, 6.07) is 4.84. The number of hydrogen-bond acceptors (Lipinski definition) is 4. The molecule has 5 nitrogen and oxygen atoms in total. The van der Waals surface area contributed by atoms with Crippen molar-refractivity contribution in [3.05, 3.63) is 22.7 Å². The summed E-state index contributed by atoms with van der Waals surface area (Å²) in [6.07, 6.45) is 0.721. The molecule has 1 atom stereocenters. The Morgan fingerprint density at radius 2 is 2.00 bits per heavy atom. The van der Waals surface area contributed by atoms with Gasteiger partial charge in [-0.2, -0.15) is 4.31 Å². The number of sulfonamides is 1. The largest absolute Gasteiger partial charge is 0.495 e. The Labute approximate surface area is 135 Å². The number of hydrogen-bond donors (Lipinski definition) is 0. The fourth-order valence-corrected chi connectivity index (χ4v) is 4.33. The van der Waals surface area contributed by atoms with Crippen LogP contribution in [0.2, 0.25) is 0 Å². The van der Waals surface area contributed by atoms with E-state index in [1.54, 1.807) is 25.3 Å². The van der Waals surface area contributed by atoms with E-state index in [9.17, 15) is 8.42 Å². The molecule has 0 aliphatic rings. The van der Waals surface area contributed by atoms with Crippen LogP contribution in [0.3, 0.4) is 0 Å². The molecule has 1 rings (SSSR count). The molecule has 0 aromatic heterocycles. The normalized spacial score (nSPS) is 13.4. The molecule has 0 spiro atoms. The molecule has 1 aromatic rings. The van der Waals surface area contributed by atoms with Crippen LogP contribution in [0.15, 0.2) is 27.6 Å². The maximum Gasteiger partial charge on any atom is 0.247 e. The molecule has 0 bridgehead atoms. The molecular weight excluding hydrogens is 358 g/mol. The van der Waals surface area contributed by atoms with Gasteiger partial charge in [-0.3, -0.25) is 0 Å². The van der Waals surface area contributed by atoms with E-state index in [-0.39, 0.29) is 10.9 Å². The van der Waals surface area contributed by atoms with Crippen molar-refractivity contribution in [3.8, 4) is 5.75 Å². The minimum Gasteiger partial charge on any atom is -0.495 e. The Morgan fingerprint density at radius 3 is 2.52 bits per heavy atom. The fourth-order valence-electron chi connectivity index (χ4n) is 1.94. The van der Waals surface area contributed by atoms with Crippen molar-refractivity contribution in [2.24, 2.45) is 0 Å². The predicted molar refractivity (Wildman–Crippen MR) is 86.2 cm³/mol. The summed E-state index contributed by atoms with van der Waals surface area (Å²) in [7, 11) is -0.632. The summed E-state index contributed by atoms with van der Waals surface area (Å²) in [5.74, 6) is 0.337. The topological polar surface area (TPSA) is 55.8 Å². The third-order valence-electron chi connectivity index (χ3n) is 3.31. The van der Waals surface area contributed by atoms with Gasteiger partial charge in [-0.05, 0) is 31.5 Å². The summed E-state index contributed by atoms with van der Waals surface area (Å²) in [5, 5.41) is 0. The molecule has 0 saturated carbocycles. The number of halogens is 1. The SMILES string of the molecule is CCC(C)N(CCOC)S(=O)(=O)c1cc(Br)ccc1OC. The number of ether oxygens (including phenoxy) is 2. The summed E-state index contributed by atoms with van der Waals surface area (Å²) in [5.41, 5.74) is 0. The highest BCUT2D eigenvalue weighted by molar-refractivity contribution is 9.10. The Hall–Kier alpha value is -0.630. The van der Waals surface area contributed by atoms with Crippen LogP contribution >= 0.6 is 15.9 Å². The van der Waals surface area contributed by atoms with E-state index in [1.165, 1.54) is 11.4 Å². The Balaban J connectivity index is 3.31. The van der Waals surface area contributed by atoms with Crippen molar-refractivity contribution in [2.45, 2.75) is 31.2 Å². The first kappa shape index (κ1) is 18.4. The Morgan fingerprint density at radius 1 is 1.33 bits per heavy atom. The zero-order valence-electron chi connectivity index (χ0n) is 12.8. The van der Waals surface area contributed by atoms with Crippen LogP contribution in [0.4, 0.5) is 0 Å². The first-order valence-corrected chi connectivity index (χ1v) is 8.96. The summed E-state index contributed by atoms with van der Waals surface area (Å²) in [4.78, 5) is 0.163. The van der Waals surface area contributed by atoms with E-state index in [1.807, 2.05) is 13.8 Å². The predicted octanol–water partition coefficient (Wildman–Crippen LogP) is 2.89. The number of methoxy groups -OCH3 is 2. The van der Waals surface area contributed by atoms with Gasteiger partial charge in [0.1, 0.15) is 10.6 Å². The van der Waals surface area contributed by atoms with Crippen LogP contribution in [-0.2, 0) is 14.8 Å². The number of rotatable bonds is 8. The van der Waals surface area contributed by atoms with Crippen molar-refractivity contribution < 1.29 is 17.9 Å². The van der Waals surface area contributed by atoms with Crippen molar-refractivity contribution in [3.63, 3.8) is 0 Å². The van der Waals surface area contributed by atoms with Crippen molar-refractivity contribution in [1.29, 1.82) is 0 Å². The van der Waals surface area contributed by atoms with Gasteiger partial charge in [0.05, 0.1) is 13.7 Å². The zero-order valence-corrected chi connectivity index (χ0v) is 15.2. The maximum absolute atomic E-state index is 12.9. The third-order valence-corrected chi connectivity index (χ3v) is 5.84. The van der Waals surface area contributed by atoms with Crippen LogP contribution < -0.4 is 4.74 Å². The highest BCUT2D eigenvalue weighted by Gasteiger charge is 2.30. The molecule has 0 radical (unpaired) electrons. The molecule has 7 heteroatoms. The molecule has 21 heavy (non-hydrogen) atoms. The van der Waals surface area contributed by atoms with Gasteiger partial charge in [0, 0.05) is 24.2 Å².